The van der Waals surface area contributed by atoms with E-state index < -0.39 is 23.5 Å². The molecule has 33 heavy (non-hydrogen) atoms. The minimum Gasteiger partial charge on any atom is -0.444 e. The van der Waals surface area contributed by atoms with Gasteiger partial charge in [-0.1, -0.05) is 18.2 Å². The van der Waals surface area contributed by atoms with E-state index in [-0.39, 0.29) is 11.9 Å². The van der Waals surface area contributed by atoms with E-state index >= 15 is 4.39 Å². The van der Waals surface area contributed by atoms with Gasteiger partial charge in [0.1, 0.15) is 23.3 Å². The lowest BCUT2D eigenvalue weighted by atomic mass is 9.97. The summed E-state index contributed by atoms with van der Waals surface area (Å²) in [5.74, 6) is -0.369. The van der Waals surface area contributed by atoms with Gasteiger partial charge in [-0.15, -0.1) is 0 Å². The molecule has 3 heterocycles. The first-order valence-corrected chi connectivity index (χ1v) is 11.5. The summed E-state index contributed by atoms with van der Waals surface area (Å²) in [6.07, 6.45) is -0.324. The molecule has 180 valence electrons. The zero-order valence-corrected chi connectivity index (χ0v) is 20.6. The lowest BCUT2D eigenvalue weighted by Crippen LogP contribution is -2.45. The molecule has 0 N–H and O–H groups in total. The van der Waals surface area contributed by atoms with Crippen LogP contribution in [0.1, 0.15) is 69.0 Å². The molecule has 8 heteroatoms. The van der Waals surface area contributed by atoms with E-state index in [0.717, 1.165) is 11.4 Å². The number of ether oxygens (including phenoxy) is 3. The van der Waals surface area contributed by atoms with Crippen LogP contribution in [0.3, 0.4) is 0 Å². The summed E-state index contributed by atoms with van der Waals surface area (Å²) in [7, 11) is 0. The van der Waals surface area contributed by atoms with Crippen LogP contribution < -0.4 is 0 Å². The summed E-state index contributed by atoms with van der Waals surface area (Å²) in [5, 5.41) is 0. The maximum atomic E-state index is 16.0. The third-order valence-electron chi connectivity index (χ3n) is 6.15. The standard InChI is InChI=1S/C25H34FN3O4/c1-15-16(2)28-11-12-29(23(30)33-24(3,4)5)21(22(28)27-15)19-10-8-9-17(20(19)26)13-18-14-31-25(6,7)32-18/h8-10,18,21H,11-14H2,1-7H3. The van der Waals surface area contributed by atoms with Gasteiger partial charge in [0.25, 0.3) is 0 Å². The molecule has 0 aliphatic carbocycles. The van der Waals surface area contributed by atoms with Gasteiger partial charge >= 0.3 is 6.09 Å². The van der Waals surface area contributed by atoms with Gasteiger partial charge in [-0.05, 0) is 54.0 Å². The Morgan fingerprint density at radius 1 is 1.27 bits per heavy atom. The predicted molar refractivity (Wildman–Crippen MR) is 121 cm³/mol. The Kier molecular flexibility index (Phi) is 6.03. The molecule has 1 saturated heterocycles. The first-order valence-electron chi connectivity index (χ1n) is 11.5. The average molecular weight is 460 g/mol. The topological polar surface area (TPSA) is 65.8 Å². The van der Waals surface area contributed by atoms with E-state index in [9.17, 15) is 4.79 Å². The van der Waals surface area contributed by atoms with Crippen molar-refractivity contribution in [2.75, 3.05) is 13.2 Å². The van der Waals surface area contributed by atoms with Crippen molar-refractivity contribution in [2.24, 2.45) is 0 Å². The van der Waals surface area contributed by atoms with Crippen LogP contribution in [0.2, 0.25) is 0 Å². The number of halogens is 1. The molecule has 2 aromatic rings. The van der Waals surface area contributed by atoms with Crippen molar-refractivity contribution >= 4 is 6.09 Å². The summed E-state index contributed by atoms with van der Waals surface area (Å²) < 4.78 is 35.2. The quantitative estimate of drug-likeness (QED) is 0.667. The molecule has 1 fully saturated rings. The number of carbonyl (C=O) groups is 1. The Labute approximate surface area is 194 Å². The lowest BCUT2D eigenvalue weighted by molar-refractivity contribution is -0.138. The number of aromatic nitrogens is 2. The van der Waals surface area contributed by atoms with Crippen LogP contribution in [0.4, 0.5) is 9.18 Å². The Morgan fingerprint density at radius 2 is 2.00 bits per heavy atom. The number of hydrogen-bond donors (Lipinski definition) is 0. The van der Waals surface area contributed by atoms with E-state index in [2.05, 4.69) is 4.57 Å². The minimum atomic E-state index is -0.682. The van der Waals surface area contributed by atoms with E-state index in [1.165, 1.54) is 0 Å². The van der Waals surface area contributed by atoms with Gasteiger partial charge in [-0.2, -0.15) is 0 Å². The van der Waals surface area contributed by atoms with Crippen molar-refractivity contribution in [3.05, 3.63) is 52.4 Å². The third-order valence-corrected chi connectivity index (χ3v) is 6.15. The van der Waals surface area contributed by atoms with Gasteiger partial charge < -0.3 is 18.8 Å². The molecule has 0 bridgehead atoms. The van der Waals surface area contributed by atoms with E-state index in [0.29, 0.717) is 43.1 Å². The van der Waals surface area contributed by atoms with Gasteiger partial charge in [0.15, 0.2) is 5.79 Å². The Morgan fingerprint density at radius 3 is 2.64 bits per heavy atom. The molecule has 1 amide bonds. The van der Waals surface area contributed by atoms with Crippen molar-refractivity contribution in [3.8, 4) is 0 Å². The first-order chi connectivity index (χ1) is 15.4. The second kappa shape index (κ2) is 8.40. The Bertz CT molecular complexity index is 1060. The summed E-state index contributed by atoms with van der Waals surface area (Å²) in [6.45, 7) is 14.5. The summed E-state index contributed by atoms with van der Waals surface area (Å²) in [6, 6.07) is 4.63. The molecule has 0 radical (unpaired) electrons. The largest absolute Gasteiger partial charge is 0.444 e. The molecule has 7 nitrogen and oxygen atoms in total. The molecule has 1 aromatic heterocycles. The zero-order chi connectivity index (χ0) is 24.1. The highest BCUT2D eigenvalue weighted by atomic mass is 19.1. The second-order valence-corrected chi connectivity index (χ2v) is 10.3. The first kappa shape index (κ1) is 23.7. The number of benzene rings is 1. The maximum absolute atomic E-state index is 16.0. The van der Waals surface area contributed by atoms with Crippen molar-refractivity contribution in [2.45, 2.75) is 85.0 Å². The van der Waals surface area contributed by atoms with Crippen molar-refractivity contribution in [3.63, 3.8) is 0 Å². The summed E-state index contributed by atoms with van der Waals surface area (Å²) >= 11 is 0. The molecule has 0 spiro atoms. The van der Waals surface area contributed by atoms with Crippen LogP contribution in [0.25, 0.3) is 0 Å². The maximum Gasteiger partial charge on any atom is 0.411 e. The van der Waals surface area contributed by atoms with Crippen LogP contribution in [0, 0.1) is 19.7 Å². The number of amides is 1. The van der Waals surface area contributed by atoms with Crippen LogP contribution in [-0.4, -0.2) is 51.2 Å². The fourth-order valence-corrected chi connectivity index (χ4v) is 4.55. The number of hydrogen-bond acceptors (Lipinski definition) is 5. The van der Waals surface area contributed by atoms with Gasteiger partial charge in [-0.3, -0.25) is 4.90 Å². The Hall–Kier alpha value is -2.45. The van der Waals surface area contributed by atoms with Crippen molar-refractivity contribution in [1.82, 2.24) is 14.5 Å². The monoisotopic (exact) mass is 459 g/mol. The minimum absolute atomic E-state index is 0.232. The molecule has 4 rings (SSSR count). The number of fused-ring (bicyclic) bond motifs is 1. The normalized spacial score (nSPS) is 22.4. The fourth-order valence-electron chi connectivity index (χ4n) is 4.55. The molecule has 2 unspecified atom stereocenters. The third kappa shape index (κ3) is 4.77. The van der Waals surface area contributed by atoms with Gasteiger partial charge in [0.2, 0.25) is 0 Å². The highest BCUT2D eigenvalue weighted by Crippen LogP contribution is 2.36. The number of rotatable bonds is 3. The van der Waals surface area contributed by atoms with Gasteiger partial charge in [0, 0.05) is 30.8 Å². The number of carbonyl (C=O) groups excluding carboxylic acids is 1. The highest BCUT2D eigenvalue weighted by Gasteiger charge is 2.39. The molecular formula is C25H34FN3O4. The molecular weight excluding hydrogens is 425 g/mol. The van der Waals surface area contributed by atoms with Crippen LogP contribution in [0.15, 0.2) is 18.2 Å². The van der Waals surface area contributed by atoms with Crippen LogP contribution in [0.5, 0.6) is 0 Å². The molecule has 2 aliphatic heterocycles. The average Bonchev–Trinajstić information content (AvgIpc) is 3.20. The van der Waals surface area contributed by atoms with E-state index in [1.807, 2.05) is 54.5 Å². The molecule has 2 atom stereocenters. The smallest absolute Gasteiger partial charge is 0.411 e. The zero-order valence-electron chi connectivity index (χ0n) is 20.6. The molecule has 2 aliphatic rings. The highest BCUT2D eigenvalue weighted by molar-refractivity contribution is 5.70. The second-order valence-electron chi connectivity index (χ2n) is 10.3. The summed E-state index contributed by atoms with van der Waals surface area (Å²) in [4.78, 5) is 19.5. The Balaban J connectivity index is 1.73. The number of nitrogens with zero attached hydrogens (tertiary/aromatic N) is 3. The molecule has 1 aromatic carbocycles. The SMILES string of the molecule is Cc1nc2n(c1C)CCN(C(=O)OC(C)(C)C)C2c1cccc(CC2COC(C)(C)O2)c1F. The summed E-state index contributed by atoms with van der Waals surface area (Å²) in [5.41, 5.74) is 2.17. The van der Waals surface area contributed by atoms with Crippen LogP contribution in [-0.2, 0) is 27.2 Å². The predicted octanol–water partition coefficient (Wildman–Crippen LogP) is 4.67. The van der Waals surface area contributed by atoms with Gasteiger partial charge in [-0.25, -0.2) is 14.2 Å². The lowest BCUT2D eigenvalue weighted by Gasteiger charge is -2.37. The van der Waals surface area contributed by atoms with Crippen molar-refractivity contribution < 1.29 is 23.4 Å². The van der Waals surface area contributed by atoms with Crippen molar-refractivity contribution in [1.29, 1.82) is 0 Å². The van der Waals surface area contributed by atoms with E-state index in [1.54, 1.807) is 17.0 Å². The molecule has 0 saturated carbocycles. The number of imidazole rings is 1. The van der Waals surface area contributed by atoms with E-state index in [4.69, 9.17) is 19.2 Å². The van der Waals surface area contributed by atoms with Crippen LogP contribution >= 0.6 is 0 Å². The fraction of sp³-hybridized carbons (Fsp3) is 0.600. The number of aryl methyl sites for hydroxylation is 1. The van der Waals surface area contributed by atoms with Gasteiger partial charge in [0.05, 0.1) is 18.4 Å².